The van der Waals surface area contributed by atoms with E-state index in [9.17, 15) is 4.79 Å². The van der Waals surface area contributed by atoms with Crippen LogP contribution in [0.3, 0.4) is 0 Å². The zero-order valence-corrected chi connectivity index (χ0v) is 8.02. The van der Waals surface area contributed by atoms with Crippen LogP contribution in [0.25, 0.3) is 6.08 Å². The molecule has 0 saturated carbocycles. The summed E-state index contributed by atoms with van der Waals surface area (Å²) in [6.45, 7) is 0. The Morgan fingerprint density at radius 1 is 1.69 bits per heavy atom. The predicted molar refractivity (Wildman–Crippen MR) is 52.1 cm³/mol. The highest BCUT2D eigenvalue weighted by Crippen LogP contribution is 2.22. The summed E-state index contributed by atoms with van der Waals surface area (Å²) in [5, 5.41) is 10.1. The van der Waals surface area contributed by atoms with Crippen LogP contribution in [0.4, 0.5) is 0 Å². The molecule has 0 radical (unpaired) electrons. The van der Waals surface area contributed by atoms with E-state index < -0.39 is 5.91 Å². The average Bonchev–Trinajstić information content (AvgIpc) is 2.49. The van der Waals surface area contributed by atoms with Crippen LogP contribution >= 0.6 is 22.9 Å². The van der Waals surface area contributed by atoms with E-state index in [0.717, 1.165) is 4.88 Å². The molecule has 0 unspecified atom stereocenters. The maximum atomic E-state index is 10.8. The van der Waals surface area contributed by atoms with Crippen molar-refractivity contribution in [2.45, 2.75) is 0 Å². The second-order valence-corrected chi connectivity index (χ2v) is 3.82. The average molecular weight is 213 g/mol. The molecular weight excluding hydrogens is 208 g/mol. The molecule has 0 saturated heterocycles. The van der Waals surface area contributed by atoms with Crippen LogP contribution < -0.4 is 5.32 Å². The Kier molecular flexibility index (Phi) is 3.50. The van der Waals surface area contributed by atoms with Crippen molar-refractivity contribution < 1.29 is 4.79 Å². The van der Waals surface area contributed by atoms with Crippen LogP contribution in [0.15, 0.2) is 18.2 Å². The minimum Gasteiger partial charge on any atom is -0.269 e. The lowest BCUT2D eigenvalue weighted by Gasteiger charge is -1.85. The van der Waals surface area contributed by atoms with Gasteiger partial charge in [-0.3, -0.25) is 10.1 Å². The van der Waals surface area contributed by atoms with Gasteiger partial charge < -0.3 is 0 Å². The van der Waals surface area contributed by atoms with Gasteiger partial charge in [-0.05, 0) is 18.2 Å². The molecular formula is C8H5ClN2OS. The highest BCUT2D eigenvalue weighted by molar-refractivity contribution is 7.17. The largest absolute Gasteiger partial charge is 0.269 e. The van der Waals surface area contributed by atoms with Gasteiger partial charge in [0, 0.05) is 11.0 Å². The summed E-state index contributed by atoms with van der Waals surface area (Å²) in [5.41, 5.74) is 0. The highest BCUT2D eigenvalue weighted by Gasteiger charge is 1.95. The first-order chi connectivity index (χ1) is 6.22. The lowest BCUT2D eigenvalue weighted by Crippen LogP contribution is -2.13. The first-order valence-electron chi connectivity index (χ1n) is 3.35. The van der Waals surface area contributed by atoms with Gasteiger partial charge in [-0.25, -0.2) is 0 Å². The number of nitrogens with one attached hydrogen (secondary N) is 1. The third-order valence-electron chi connectivity index (χ3n) is 1.17. The quantitative estimate of drug-likeness (QED) is 0.463. The van der Waals surface area contributed by atoms with Gasteiger partial charge in [0.15, 0.2) is 6.19 Å². The van der Waals surface area contributed by atoms with Gasteiger partial charge >= 0.3 is 0 Å². The molecule has 3 nitrogen and oxygen atoms in total. The Labute approximate surface area is 84.2 Å². The summed E-state index contributed by atoms with van der Waals surface area (Å²) >= 11 is 7.03. The fourth-order valence-electron chi connectivity index (χ4n) is 0.672. The maximum Gasteiger partial charge on any atom is 0.257 e. The number of carbonyl (C=O) groups excluding carboxylic acids is 1. The molecule has 1 N–H and O–H groups in total. The van der Waals surface area contributed by atoms with E-state index in [1.54, 1.807) is 18.2 Å². The van der Waals surface area contributed by atoms with Crippen molar-refractivity contribution in [2.24, 2.45) is 0 Å². The van der Waals surface area contributed by atoms with Crippen molar-refractivity contribution in [3.63, 3.8) is 0 Å². The second-order valence-electron chi connectivity index (χ2n) is 2.08. The Balaban J connectivity index is 2.59. The minimum atomic E-state index is -0.438. The summed E-state index contributed by atoms with van der Waals surface area (Å²) < 4.78 is 0.667. The van der Waals surface area contributed by atoms with E-state index in [-0.39, 0.29) is 0 Å². The van der Waals surface area contributed by atoms with Crippen molar-refractivity contribution in [3.05, 3.63) is 27.4 Å². The first kappa shape index (κ1) is 9.78. The molecule has 5 heteroatoms. The summed E-state index contributed by atoms with van der Waals surface area (Å²) in [6.07, 6.45) is 4.42. The molecule has 0 aromatic carbocycles. The van der Waals surface area contributed by atoms with Gasteiger partial charge in [0.05, 0.1) is 4.34 Å². The van der Waals surface area contributed by atoms with Gasteiger partial charge in [-0.15, -0.1) is 11.3 Å². The summed E-state index contributed by atoms with van der Waals surface area (Å²) in [4.78, 5) is 11.6. The number of hydrogen-bond acceptors (Lipinski definition) is 3. The first-order valence-corrected chi connectivity index (χ1v) is 4.54. The van der Waals surface area contributed by atoms with Crippen molar-refractivity contribution in [1.29, 1.82) is 5.26 Å². The number of carbonyl (C=O) groups is 1. The monoisotopic (exact) mass is 212 g/mol. The minimum absolute atomic E-state index is 0.438. The van der Waals surface area contributed by atoms with Crippen LogP contribution in [0.1, 0.15) is 4.88 Å². The van der Waals surface area contributed by atoms with Crippen molar-refractivity contribution in [1.82, 2.24) is 5.32 Å². The highest BCUT2D eigenvalue weighted by atomic mass is 35.5. The zero-order valence-electron chi connectivity index (χ0n) is 6.45. The summed E-state index contributed by atoms with van der Waals surface area (Å²) in [7, 11) is 0. The number of halogens is 1. The molecule has 1 aromatic heterocycles. The predicted octanol–water partition coefficient (Wildman–Crippen LogP) is 2.01. The van der Waals surface area contributed by atoms with Crippen LogP contribution in [0.5, 0.6) is 0 Å². The fraction of sp³-hybridized carbons (Fsp3) is 0. The fourth-order valence-corrected chi connectivity index (χ4v) is 1.64. The molecule has 66 valence electrons. The Morgan fingerprint density at radius 3 is 3.00 bits per heavy atom. The third kappa shape index (κ3) is 3.28. The molecule has 0 aliphatic carbocycles. The van der Waals surface area contributed by atoms with Crippen LogP contribution in [-0.4, -0.2) is 5.91 Å². The zero-order chi connectivity index (χ0) is 9.68. The number of rotatable bonds is 2. The van der Waals surface area contributed by atoms with Crippen LogP contribution in [0, 0.1) is 11.5 Å². The van der Waals surface area contributed by atoms with E-state index in [4.69, 9.17) is 16.9 Å². The lowest BCUT2D eigenvalue weighted by molar-refractivity contribution is -0.115. The maximum absolute atomic E-state index is 10.8. The van der Waals surface area contributed by atoms with Crippen LogP contribution in [0.2, 0.25) is 4.34 Å². The molecule has 13 heavy (non-hydrogen) atoms. The van der Waals surface area contributed by atoms with E-state index in [2.05, 4.69) is 0 Å². The molecule has 0 aliphatic heterocycles. The normalized spacial score (nSPS) is 9.85. The molecule has 1 rings (SSSR count). The van der Waals surface area contributed by atoms with Gasteiger partial charge in [0.2, 0.25) is 0 Å². The number of hydrogen-bond donors (Lipinski definition) is 1. The third-order valence-corrected chi connectivity index (χ3v) is 2.37. The van der Waals surface area contributed by atoms with Gasteiger partial charge in [0.25, 0.3) is 5.91 Å². The van der Waals surface area contributed by atoms with Crippen molar-refractivity contribution >= 4 is 34.9 Å². The van der Waals surface area contributed by atoms with Gasteiger partial charge in [0.1, 0.15) is 0 Å². The Morgan fingerprint density at radius 2 is 2.46 bits per heavy atom. The number of thiophene rings is 1. The topological polar surface area (TPSA) is 52.9 Å². The smallest absolute Gasteiger partial charge is 0.257 e. The van der Waals surface area contributed by atoms with E-state index in [1.165, 1.54) is 23.6 Å². The van der Waals surface area contributed by atoms with E-state index in [1.807, 2.05) is 5.32 Å². The SMILES string of the molecule is N#CNC(=O)/C=C/c1ccc(Cl)s1. The summed E-state index contributed by atoms with van der Waals surface area (Å²) in [5.74, 6) is -0.438. The lowest BCUT2D eigenvalue weighted by atomic mass is 10.4. The number of nitrogens with zero attached hydrogens (tertiary/aromatic N) is 1. The second kappa shape index (κ2) is 4.65. The molecule has 1 amide bonds. The number of nitriles is 1. The van der Waals surface area contributed by atoms with Gasteiger partial charge in [-0.2, -0.15) is 5.26 Å². The van der Waals surface area contributed by atoms with E-state index >= 15 is 0 Å². The Hall–Kier alpha value is -1.31. The van der Waals surface area contributed by atoms with Crippen molar-refractivity contribution in [2.75, 3.05) is 0 Å². The Bertz CT molecular complexity index is 378. The van der Waals surface area contributed by atoms with E-state index in [0.29, 0.717) is 4.34 Å². The molecule has 0 bridgehead atoms. The number of amides is 1. The van der Waals surface area contributed by atoms with Gasteiger partial charge in [-0.1, -0.05) is 11.6 Å². The summed E-state index contributed by atoms with van der Waals surface area (Å²) in [6, 6.07) is 3.54. The molecule has 1 aromatic rings. The van der Waals surface area contributed by atoms with Crippen LogP contribution in [-0.2, 0) is 4.79 Å². The standard InChI is InChI=1S/C8H5ClN2OS/c9-7-3-1-6(13-7)2-4-8(12)11-5-10/h1-4H,(H,11,12)/b4-2+. The molecule has 0 aliphatic rings. The molecule has 0 fully saturated rings. The molecule has 0 atom stereocenters. The van der Waals surface area contributed by atoms with Crippen molar-refractivity contribution in [3.8, 4) is 6.19 Å². The molecule has 0 spiro atoms. The molecule has 1 heterocycles.